The third-order valence-electron chi connectivity index (χ3n) is 5.56. The molecule has 5 aromatic rings. The number of nitrogens with two attached hydrogens (primary N) is 1. The molecule has 0 aliphatic rings. The minimum absolute atomic E-state index is 0.105. The van der Waals surface area contributed by atoms with Crippen molar-refractivity contribution in [2.75, 3.05) is 6.61 Å². The van der Waals surface area contributed by atoms with Gasteiger partial charge in [-0.25, -0.2) is 0 Å². The molecule has 0 aliphatic carbocycles. The van der Waals surface area contributed by atoms with E-state index >= 15 is 0 Å². The number of para-hydroxylation sites is 1. The van der Waals surface area contributed by atoms with Gasteiger partial charge in [-0.15, -0.1) is 0 Å². The van der Waals surface area contributed by atoms with Gasteiger partial charge >= 0.3 is 0 Å². The Labute approximate surface area is 174 Å². The summed E-state index contributed by atoms with van der Waals surface area (Å²) < 4.78 is 5.98. The van der Waals surface area contributed by atoms with E-state index in [1.807, 2.05) is 36.8 Å². The van der Waals surface area contributed by atoms with Gasteiger partial charge in [-0.2, -0.15) is 0 Å². The van der Waals surface area contributed by atoms with Crippen molar-refractivity contribution in [2.24, 2.45) is 5.73 Å². The first-order valence-electron chi connectivity index (χ1n) is 10.1. The Bertz CT molecular complexity index is 1320. The maximum Gasteiger partial charge on any atom is 0.138 e. The third-order valence-corrected chi connectivity index (χ3v) is 5.56. The van der Waals surface area contributed by atoms with E-state index in [1.54, 1.807) is 6.20 Å². The number of aromatic nitrogens is 3. The van der Waals surface area contributed by atoms with Crippen LogP contribution in [0.4, 0.5) is 0 Å². The monoisotopic (exact) mass is 396 g/mol. The summed E-state index contributed by atoms with van der Waals surface area (Å²) in [7, 11) is 0. The molecule has 4 N–H and O–H groups in total. The SMILES string of the molecule is Cc1c[nH]c2ccc(-c3cncc(OC[C@@H](N)Cc4c[nH]c5ccccc45)c3)cc12. The van der Waals surface area contributed by atoms with Crippen molar-refractivity contribution in [3.05, 3.63) is 84.4 Å². The lowest BCUT2D eigenvalue weighted by Crippen LogP contribution is -2.30. The Balaban J connectivity index is 1.29. The van der Waals surface area contributed by atoms with Crippen LogP contribution in [0.1, 0.15) is 11.1 Å². The van der Waals surface area contributed by atoms with Crippen LogP contribution in [0.5, 0.6) is 5.75 Å². The summed E-state index contributed by atoms with van der Waals surface area (Å²) in [6, 6.07) is 16.6. The topological polar surface area (TPSA) is 79.7 Å². The second kappa shape index (κ2) is 7.69. The Morgan fingerprint density at radius 2 is 1.77 bits per heavy atom. The number of nitrogens with zero attached hydrogens (tertiary/aromatic N) is 1. The van der Waals surface area contributed by atoms with E-state index < -0.39 is 0 Å². The van der Waals surface area contributed by atoms with Crippen molar-refractivity contribution in [1.29, 1.82) is 0 Å². The molecule has 5 heteroatoms. The smallest absolute Gasteiger partial charge is 0.138 e. The molecule has 30 heavy (non-hydrogen) atoms. The molecule has 5 rings (SSSR count). The number of hydrogen-bond acceptors (Lipinski definition) is 3. The highest BCUT2D eigenvalue weighted by Gasteiger charge is 2.11. The van der Waals surface area contributed by atoms with Crippen LogP contribution in [0.2, 0.25) is 0 Å². The third kappa shape index (κ3) is 3.55. The van der Waals surface area contributed by atoms with Crippen LogP contribution in [0.3, 0.4) is 0 Å². The first-order valence-corrected chi connectivity index (χ1v) is 10.1. The molecule has 0 radical (unpaired) electrons. The predicted molar refractivity (Wildman–Crippen MR) is 122 cm³/mol. The zero-order valence-electron chi connectivity index (χ0n) is 16.9. The van der Waals surface area contributed by atoms with Gasteiger partial charge in [0, 0.05) is 52.0 Å². The summed E-state index contributed by atoms with van der Waals surface area (Å²) in [6.45, 7) is 2.54. The van der Waals surface area contributed by atoms with E-state index in [0.29, 0.717) is 6.61 Å². The van der Waals surface area contributed by atoms with E-state index in [9.17, 15) is 0 Å². The van der Waals surface area contributed by atoms with Crippen molar-refractivity contribution in [3.8, 4) is 16.9 Å². The molecule has 3 aromatic heterocycles. The fraction of sp³-hybridized carbons (Fsp3) is 0.160. The van der Waals surface area contributed by atoms with Gasteiger partial charge in [0.05, 0.1) is 6.20 Å². The number of benzene rings is 2. The number of ether oxygens (including phenoxy) is 1. The van der Waals surface area contributed by atoms with Crippen molar-refractivity contribution in [3.63, 3.8) is 0 Å². The normalized spacial score (nSPS) is 12.5. The lowest BCUT2D eigenvalue weighted by molar-refractivity contribution is 0.287. The van der Waals surface area contributed by atoms with Crippen LogP contribution in [0, 0.1) is 6.92 Å². The highest BCUT2D eigenvalue weighted by atomic mass is 16.5. The largest absolute Gasteiger partial charge is 0.490 e. The Hall–Kier alpha value is -3.57. The molecule has 2 aromatic carbocycles. The molecular formula is C25H24N4O. The number of aromatic amines is 2. The summed E-state index contributed by atoms with van der Waals surface area (Å²) in [5.41, 5.74) is 13.2. The zero-order chi connectivity index (χ0) is 20.5. The summed E-state index contributed by atoms with van der Waals surface area (Å²) in [6.07, 6.45) is 8.41. The molecule has 0 spiro atoms. The van der Waals surface area contributed by atoms with Gasteiger partial charge in [0.1, 0.15) is 12.4 Å². The molecular weight excluding hydrogens is 372 g/mol. The van der Waals surface area contributed by atoms with Crippen molar-refractivity contribution in [2.45, 2.75) is 19.4 Å². The average molecular weight is 396 g/mol. The molecule has 5 nitrogen and oxygen atoms in total. The van der Waals surface area contributed by atoms with Gasteiger partial charge in [-0.05, 0) is 54.3 Å². The van der Waals surface area contributed by atoms with Crippen LogP contribution >= 0.6 is 0 Å². The molecule has 0 saturated carbocycles. The van der Waals surface area contributed by atoms with Crippen LogP contribution < -0.4 is 10.5 Å². The van der Waals surface area contributed by atoms with Gasteiger partial charge in [0.2, 0.25) is 0 Å². The summed E-state index contributed by atoms with van der Waals surface area (Å²) in [5, 5.41) is 2.44. The van der Waals surface area contributed by atoms with E-state index in [-0.39, 0.29) is 6.04 Å². The molecule has 0 bridgehead atoms. The fourth-order valence-electron chi connectivity index (χ4n) is 3.94. The lowest BCUT2D eigenvalue weighted by Gasteiger charge is -2.13. The summed E-state index contributed by atoms with van der Waals surface area (Å²) in [5.74, 6) is 0.729. The number of nitrogens with one attached hydrogen (secondary N) is 2. The summed E-state index contributed by atoms with van der Waals surface area (Å²) >= 11 is 0. The van der Waals surface area contributed by atoms with Crippen LogP contribution in [0.25, 0.3) is 32.9 Å². The molecule has 0 aliphatic heterocycles. The number of H-pyrrole nitrogens is 2. The Kier molecular flexibility index (Phi) is 4.73. The van der Waals surface area contributed by atoms with Gasteiger partial charge in [-0.1, -0.05) is 24.3 Å². The average Bonchev–Trinajstić information content (AvgIpc) is 3.36. The van der Waals surface area contributed by atoms with E-state index in [4.69, 9.17) is 10.5 Å². The van der Waals surface area contributed by atoms with Crippen molar-refractivity contribution in [1.82, 2.24) is 15.0 Å². The molecule has 150 valence electrons. The second-order valence-electron chi connectivity index (χ2n) is 7.78. The van der Waals surface area contributed by atoms with Gasteiger partial charge in [0.15, 0.2) is 0 Å². The van der Waals surface area contributed by atoms with Gasteiger partial charge in [0.25, 0.3) is 0 Å². The molecule has 1 atom stereocenters. The van der Waals surface area contributed by atoms with E-state index in [0.717, 1.165) is 34.3 Å². The quantitative estimate of drug-likeness (QED) is 0.379. The van der Waals surface area contributed by atoms with Crippen molar-refractivity contribution < 1.29 is 4.74 Å². The molecule has 0 saturated heterocycles. The minimum atomic E-state index is -0.105. The zero-order valence-corrected chi connectivity index (χ0v) is 16.9. The minimum Gasteiger partial charge on any atom is -0.490 e. The predicted octanol–water partition coefficient (Wildman–Crippen LogP) is 4.97. The first kappa shape index (κ1) is 18.5. The number of aryl methyl sites for hydroxylation is 1. The molecule has 3 heterocycles. The van der Waals surface area contributed by atoms with Gasteiger partial charge in [-0.3, -0.25) is 4.98 Å². The van der Waals surface area contributed by atoms with Crippen molar-refractivity contribution >= 4 is 21.8 Å². The van der Waals surface area contributed by atoms with E-state index in [2.05, 4.69) is 52.2 Å². The standard InChI is InChI=1S/C25H24N4O/c1-16-11-28-25-7-6-17(10-23(16)25)18-9-21(14-27-12-18)30-15-20(26)8-19-13-29-24-5-3-2-4-22(19)24/h2-7,9-14,20,28-29H,8,15,26H2,1H3/t20-/m0/s1. The van der Waals surface area contributed by atoms with Crippen LogP contribution in [0.15, 0.2) is 73.3 Å². The Morgan fingerprint density at radius 3 is 2.70 bits per heavy atom. The number of rotatable bonds is 6. The molecule has 0 fully saturated rings. The first-order chi connectivity index (χ1) is 14.7. The second-order valence-corrected chi connectivity index (χ2v) is 7.78. The highest BCUT2D eigenvalue weighted by Crippen LogP contribution is 2.27. The fourth-order valence-corrected chi connectivity index (χ4v) is 3.94. The van der Waals surface area contributed by atoms with E-state index in [1.165, 1.54) is 21.9 Å². The number of hydrogen-bond donors (Lipinski definition) is 3. The maximum absolute atomic E-state index is 6.36. The highest BCUT2D eigenvalue weighted by molar-refractivity contribution is 5.87. The maximum atomic E-state index is 6.36. The van der Waals surface area contributed by atoms with Crippen LogP contribution in [-0.2, 0) is 6.42 Å². The summed E-state index contributed by atoms with van der Waals surface area (Å²) in [4.78, 5) is 10.9. The molecule has 0 amide bonds. The van der Waals surface area contributed by atoms with Gasteiger partial charge < -0.3 is 20.4 Å². The lowest BCUT2D eigenvalue weighted by atomic mass is 10.0. The number of fused-ring (bicyclic) bond motifs is 2. The Morgan fingerprint density at radius 1 is 0.933 bits per heavy atom. The number of pyridine rings is 1. The van der Waals surface area contributed by atoms with Crippen LogP contribution in [-0.4, -0.2) is 27.6 Å². The molecule has 0 unspecified atom stereocenters.